The summed E-state index contributed by atoms with van der Waals surface area (Å²) >= 11 is 0. The lowest BCUT2D eigenvalue weighted by molar-refractivity contribution is -0.0359. The summed E-state index contributed by atoms with van der Waals surface area (Å²) in [6.07, 6.45) is 0.367. The molecule has 0 aliphatic carbocycles. The molecule has 0 aromatic heterocycles. The van der Waals surface area contributed by atoms with Crippen molar-refractivity contribution in [1.82, 2.24) is 4.90 Å². The van der Waals surface area contributed by atoms with Crippen LogP contribution in [-0.2, 0) is 34.0 Å². The molecule has 0 bridgehead atoms. The average Bonchev–Trinajstić information content (AvgIpc) is 3.03. The van der Waals surface area contributed by atoms with E-state index in [0.29, 0.717) is 32.9 Å². The van der Waals surface area contributed by atoms with Gasteiger partial charge < -0.3 is 19.1 Å². The molecule has 5 aromatic rings. The summed E-state index contributed by atoms with van der Waals surface area (Å²) in [5, 5.41) is 4.88. The zero-order valence-corrected chi connectivity index (χ0v) is 25.9. The Labute approximate surface area is 260 Å². The highest BCUT2D eigenvalue weighted by molar-refractivity contribution is 5.83. The van der Waals surface area contributed by atoms with Crippen LogP contribution in [-0.4, -0.2) is 35.8 Å². The number of fused-ring (bicyclic) bond motifs is 2. The van der Waals surface area contributed by atoms with E-state index in [4.69, 9.17) is 14.2 Å². The van der Waals surface area contributed by atoms with Crippen molar-refractivity contribution < 1.29 is 19.0 Å². The van der Waals surface area contributed by atoms with Crippen molar-refractivity contribution in [2.45, 2.75) is 64.6 Å². The molecule has 5 aromatic carbocycles. The second-order valence-corrected chi connectivity index (χ2v) is 12.8. The number of piperidine rings is 1. The van der Waals surface area contributed by atoms with Crippen LogP contribution in [0, 0.1) is 0 Å². The second kappa shape index (κ2) is 13.2. The van der Waals surface area contributed by atoms with Crippen LogP contribution in [0.2, 0.25) is 0 Å². The standard InChI is InChI=1S/C39H41NO4/c1-39(2,3)44-38(41)40-21-20-36(37(24-40)43-27-30-15-17-32-9-5-7-11-35(32)23-30)33-18-12-28(13-19-33)25-42-26-29-14-16-31-8-4-6-10-34(31)22-29/h4-19,22-23,36-37H,20-21,24-27H2,1-3H3. The summed E-state index contributed by atoms with van der Waals surface area (Å²) in [4.78, 5) is 14.8. The summed E-state index contributed by atoms with van der Waals surface area (Å²) in [6.45, 7) is 8.42. The van der Waals surface area contributed by atoms with Gasteiger partial charge in [-0.2, -0.15) is 0 Å². The van der Waals surface area contributed by atoms with E-state index in [0.717, 1.165) is 17.5 Å². The van der Waals surface area contributed by atoms with Crippen molar-refractivity contribution in [3.05, 3.63) is 131 Å². The van der Waals surface area contributed by atoms with Gasteiger partial charge in [0.25, 0.3) is 0 Å². The molecule has 1 amide bonds. The third-order valence-electron chi connectivity index (χ3n) is 8.25. The molecule has 6 rings (SSSR count). The number of carbonyl (C=O) groups excluding carboxylic acids is 1. The summed E-state index contributed by atoms with van der Waals surface area (Å²) < 4.78 is 18.4. The summed E-state index contributed by atoms with van der Waals surface area (Å²) in [7, 11) is 0. The van der Waals surface area contributed by atoms with Gasteiger partial charge in [0.15, 0.2) is 0 Å². The maximum absolute atomic E-state index is 13.0. The SMILES string of the molecule is CC(C)(C)OC(=O)N1CCC(c2ccc(COCc3ccc4ccccc4c3)cc2)C(OCc2ccc3ccccc3c2)C1. The van der Waals surface area contributed by atoms with Gasteiger partial charge in [-0.15, -0.1) is 0 Å². The Balaban J connectivity index is 1.12. The van der Waals surface area contributed by atoms with Gasteiger partial charge in [0, 0.05) is 12.5 Å². The Bertz CT molecular complexity index is 1720. The zero-order chi connectivity index (χ0) is 30.5. The van der Waals surface area contributed by atoms with Crippen LogP contribution in [0.15, 0.2) is 109 Å². The number of rotatable bonds is 8. The van der Waals surface area contributed by atoms with Gasteiger partial charge in [0.1, 0.15) is 5.60 Å². The van der Waals surface area contributed by atoms with Crippen molar-refractivity contribution in [3.8, 4) is 0 Å². The molecular formula is C39H41NO4. The molecule has 1 aliphatic rings. The Morgan fingerprint density at radius 1 is 0.705 bits per heavy atom. The molecule has 0 spiro atoms. The van der Waals surface area contributed by atoms with E-state index in [1.54, 1.807) is 4.90 Å². The van der Waals surface area contributed by atoms with Crippen molar-refractivity contribution in [3.63, 3.8) is 0 Å². The number of hydrogen-bond acceptors (Lipinski definition) is 4. The molecule has 2 atom stereocenters. The molecule has 2 unspecified atom stereocenters. The van der Waals surface area contributed by atoms with E-state index in [1.807, 2.05) is 20.8 Å². The highest BCUT2D eigenvalue weighted by atomic mass is 16.6. The van der Waals surface area contributed by atoms with E-state index >= 15 is 0 Å². The summed E-state index contributed by atoms with van der Waals surface area (Å²) in [5.74, 6) is 0.168. The topological polar surface area (TPSA) is 48.0 Å². The van der Waals surface area contributed by atoms with Gasteiger partial charge >= 0.3 is 6.09 Å². The van der Waals surface area contributed by atoms with Crippen LogP contribution in [0.3, 0.4) is 0 Å². The van der Waals surface area contributed by atoms with Gasteiger partial charge in [0.2, 0.25) is 0 Å². The molecule has 5 nitrogen and oxygen atoms in total. The van der Waals surface area contributed by atoms with Gasteiger partial charge in [-0.25, -0.2) is 4.79 Å². The van der Waals surface area contributed by atoms with Crippen LogP contribution < -0.4 is 0 Å². The highest BCUT2D eigenvalue weighted by Crippen LogP contribution is 2.32. The summed E-state index contributed by atoms with van der Waals surface area (Å²) in [6, 6.07) is 38.3. The first kappa shape index (κ1) is 29.9. The lowest BCUT2D eigenvalue weighted by atomic mass is 9.86. The van der Waals surface area contributed by atoms with Crippen molar-refractivity contribution >= 4 is 27.6 Å². The number of amides is 1. The molecule has 0 radical (unpaired) electrons. The van der Waals surface area contributed by atoms with Crippen LogP contribution in [0.1, 0.15) is 55.4 Å². The number of carbonyl (C=O) groups is 1. The predicted molar refractivity (Wildman–Crippen MR) is 177 cm³/mol. The first-order valence-corrected chi connectivity index (χ1v) is 15.5. The van der Waals surface area contributed by atoms with Gasteiger partial charge in [-0.1, -0.05) is 97.1 Å². The van der Waals surface area contributed by atoms with Crippen LogP contribution >= 0.6 is 0 Å². The number of hydrogen-bond donors (Lipinski definition) is 0. The number of likely N-dealkylation sites (tertiary alicyclic amines) is 1. The zero-order valence-electron chi connectivity index (χ0n) is 25.9. The fourth-order valence-electron chi connectivity index (χ4n) is 5.97. The maximum Gasteiger partial charge on any atom is 0.410 e. The first-order valence-electron chi connectivity index (χ1n) is 15.5. The Hall–Kier alpha value is -4.19. The predicted octanol–water partition coefficient (Wildman–Crippen LogP) is 9.02. The molecule has 1 saturated heterocycles. The van der Waals surface area contributed by atoms with E-state index in [2.05, 4.69) is 109 Å². The van der Waals surface area contributed by atoms with Crippen molar-refractivity contribution in [1.29, 1.82) is 0 Å². The summed E-state index contributed by atoms with van der Waals surface area (Å²) in [5.41, 5.74) is 4.10. The van der Waals surface area contributed by atoms with Gasteiger partial charge in [-0.3, -0.25) is 0 Å². The molecular weight excluding hydrogens is 546 g/mol. The highest BCUT2D eigenvalue weighted by Gasteiger charge is 2.35. The van der Waals surface area contributed by atoms with E-state index in [9.17, 15) is 4.79 Å². The third kappa shape index (κ3) is 7.47. The average molecular weight is 588 g/mol. The fourth-order valence-corrected chi connectivity index (χ4v) is 5.97. The maximum atomic E-state index is 13.0. The van der Waals surface area contributed by atoms with Gasteiger partial charge in [0.05, 0.1) is 32.5 Å². The molecule has 1 aliphatic heterocycles. The largest absolute Gasteiger partial charge is 0.444 e. The molecule has 226 valence electrons. The lowest BCUT2D eigenvalue weighted by Gasteiger charge is -2.39. The van der Waals surface area contributed by atoms with Crippen LogP contribution in [0.4, 0.5) is 4.79 Å². The third-order valence-corrected chi connectivity index (χ3v) is 8.25. The van der Waals surface area contributed by atoms with Gasteiger partial charge in [-0.05, 0) is 83.1 Å². The van der Waals surface area contributed by atoms with Crippen LogP contribution in [0.25, 0.3) is 21.5 Å². The normalized spacial score (nSPS) is 17.2. The Kier molecular flexibility index (Phi) is 8.96. The molecule has 0 saturated carbocycles. The minimum Gasteiger partial charge on any atom is -0.444 e. The second-order valence-electron chi connectivity index (χ2n) is 12.8. The first-order chi connectivity index (χ1) is 21.3. The Morgan fingerprint density at radius 3 is 1.86 bits per heavy atom. The molecule has 1 fully saturated rings. The number of ether oxygens (including phenoxy) is 3. The quantitative estimate of drug-likeness (QED) is 0.182. The Morgan fingerprint density at radius 2 is 1.25 bits per heavy atom. The van der Waals surface area contributed by atoms with E-state index in [1.165, 1.54) is 32.7 Å². The molecule has 1 heterocycles. The minimum atomic E-state index is -0.540. The van der Waals surface area contributed by atoms with Crippen LogP contribution in [0.5, 0.6) is 0 Å². The lowest BCUT2D eigenvalue weighted by Crippen LogP contribution is -2.48. The molecule has 5 heteroatoms. The van der Waals surface area contributed by atoms with E-state index < -0.39 is 5.60 Å². The molecule has 0 N–H and O–H groups in total. The minimum absolute atomic E-state index is 0.155. The molecule has 44 heavy (non-hydrogen) atoms. The monoisotopic (exact) mass is 587 g/mol. The van der Waals surface area contributed by atoms with Crippen molar-refractivity contribution in [2.24, 2.45) is 0 Å². The number of benzene rings is 5. The van der Waals surface area contributed by atoms with E-state index in [-0.39, 0.29) is 18.1 Å². The smallest absolute Gasteiger partial charge is 0.410 e. The van der Waals surface area contributed by atoms with Crippen molar-refractivity contribution in [2.75, 3.05) is 13.1 Å². The fraction of sp³-hybridized carbons (Fsp3) is 0.308. The number of nitrogens with zero attached hydrogens (tertiary/aromatic N) is 1.